The zero-order chi connectivity index (χ0) is 14.9. The van der Waals surface area contributed by atoms with E-state index in [4.69, 9.17) is 4.74 Å². The van der Waals surface area contributed by atoms with Crippen molar-refractivity contribution in [1.29, 1.82) is 0 Å². The summed E-state index contributed by atoms with van der Waals surface area (Å²) in [6.45, 7) is 2.10. The van der Waals surface area contributed by atoms with Crippen molar-refractivity contribution in [3.63, 3.8) is 0 Å². The van der Waals surface area contributed by atoms with E-state index in [1.165, 1.54) is 18.1 Å². The predicted molar refractivity (Wildman–Crippen MR) is 80.7 cm³/mol. The normalized spacial score (nSPS) is 17.1. The van der Waals surface area contributed by atoms with Crippen LogP contribution in [0, 0.1) is 0 Å². The number of amides is 2. The molecule has 1 N–H and O–H groups in total. The molecule has 0 saturated carbocycles. The van der Waals surface area contributed by atoms with E-state index in [1.807, 2.05) is 0 Å². The molecule has 1 aromatic carbocycles. The maximum atomic E-state index is 12.0. The summed E-state index contributed by atoms with van der Waals surface area (Å²) in [4.78, 5) is 25.2. The standard InChI is InChI=1S/C13H12BrNO4S/c1-3-15-12(17)11(20-13(15)18)5-7-4-10(19-2)9(16)6-8(7)14/h4-6,16H,3H2,1-2H3/b11-5-. The van der Waals surface area contributed by atoms with Gasteiger partial charge in [-0.2, -0.15) is 0 Å². The molecule has 20 heavy (non-hydrogen) atoms. The summed E-state index contributed by atoms with van der Waals surface area (Å²) in [5.74, 6) is -0.00574. The van der Waals surface area contributed by atoms with Gasteiger partial charge in [0.15, 0.2) is 11.5 Å². The predicted octanol–water partition coefficient (Wildman–Crippen LogP) is 3.22. The Labute approximate surface area is 128 Å². The highest BCUT2D eigenvalue weighted by Crippen LogP contribution is 2.37. The molecule has 0 aliphatic carbocycles. The number of phenols is 1. The van der Waals surface area contributed by atoms with E-state index < -0.39 is 0 Å². The SMILES string of the molecule is CCN1C(=O)S/C(=C\c2cc(OC)c(O)cc2Br)C1=O. The van der Waals surface area contributed by atoms with Gasteiger partial charge in [0.05, 0.1) is 12.0 Å². The number of benzene rings is 1. The Morgan fingerprint density at radius 2 is 2.15 bits per heavy atom. The second kappa shape index (κ2) is 5.88. The second-order valence-corrected chi connectivity index (χ2v) is 5.82. The molecule has 7 heteroatoms. The van der Waals surface area contributed by atoms with Crippen LogP contribution in [0.2, 0.25) is 0 Å². The quantitative estimate of drug-likeness (QED) is 0.841. The summed E-state index contributed by atoms with van der Waals surface area (Å²) in [5.41, 5.74) is 0.654. The zero-order valence-electron chi connectivity index (χ0n) is 10.8. The van der Waals surface area contributed by atoms with Gasteiger partial charge in [0.2, 0.25) is 0 Å². The molecule has 1 aromatic rings. The first-order valence-corrected chi connectivity index (χ1v) is 7.40. The summed E-state index contributed by atoms with van der Waals surface area (Å²) in [5, 5.41) is 9.37. The summed E-state index contributed by atoms with van der Waals surface area (Å²) < 4.78 is 5.64. The number of nitrogens with zero attached hydrogens (tertiary/aromatic N) is 1. The number of carbonyl (C=O) groups is 2. The van der Waals surface area contributed by atoms with Gasteiger partial charge in [-0.05, 0) is 42.5 Å². The number of imide groups is 1. The molecule has 1 aliphatic heterocycles. The van der Waals surface area contributed by atoms with E-state index in [0.717, 1.165) is 11.8 Å². The zero-order valence-corrected chi connectivity index (χ0v) is 13.2. The Morgan fingerprint density at radius 1 is 1.45 bits per heavy atom. The van der Waals surface area contributed by atoms with Crippen LogP contribution in [0.4, 0.5) is 4.79 Å². The fourth-order valence-electron chi connectivity index (χ4n) is 1.75. The highest BCUT2D eigenvalue weighted by Gasteiger charge is 2.33. The van der Waals surface area contributed by atoms with E-state index >= 15 is 0 Å². The molecule has 0 bridgehead atoms. The molecule has 2 rings (SSSR count). The van der Waals surface area contributed by atoms with Crippen LogP contribution < -0.4 is 4.74 Å². The third kappa shape index (κ3) is 2.69. The number of ether oxygens (including phenoxy) is 1. The minimum absolute atomic E-state index is 0.00168. The Morgan fingerprint density at radius 3 is 2.70 bits per heavy atom. The molecule has 1 aliphatic rings. The van der Waals surface area contributed by atoms with Gasteiger partial charge in [0.25, 0.3) is 11.1 Å². The molecular formula is C13H12BrNO4S. The van der Waals surface area contributed by atoms with Gasteiger partial charge in [-0.3, -0.25) is 14.5 Å². The van der Waals surface area contributed by atoms with Gasteiger partial charge < -0.3 is 9.84 Å². The minimum Gasteiger partial charge on any atom is -0.504 e. The first-order valence-electron chi connectivity index (χ1n) is 5.79. The van der Waals surface area contributed by atoms with Crippen LogP contribution in [0.5, 0.6) is 11.5 Å². The molecule has 0 atom stereocenters. The Balaban J connectivity index is 2.41. The van der Waals surface area contributed by atoms with Gasteiger partial charge in [-0.15, -0.1) is 0 Å². The third-order valence-electron chi connectivity index (χ3n) is 2.77. The largest absolute Gasteiger partial charge is 0.504 e. The van der Waals surface area contributed by atoms with Crippen molar-refractivity contribution < 1.29 is 19.4 Å². The number of hydrogen-bond donors (Lipinski definition) is 1. The van der Waals surface area contributed by atoms with Crippen LogP contribution in [0.3, 0.4) is 0 Å². The second-order valence-electron chi connectivity index (χ2n) is 3.97. The summed E-state index contributed by atoms with van der Waals surface area (Å²) in [7, 11) is 1.44. The van der Waals surface area contributed by atoms with E-state index in [1.54, 1.807) is 19.1 Å². The highest BCUT2D eigenvalue weighted by molar-refractivity contribution is 9.10. The van der Waals surface area contributed by atoms with Gasteiger partial charge in [0, 0.05) is 11.0 Å². The smallest absolute Gasteiger partial charge is 0.293 e. The monoisotopic (exact) mass is 357 g/mol. The highest BCUT2D eigenvalue weighted by atomic mass is 79.9. The van der Waals surface area contributed by atoms with Gasteiger partial charge >= 0.3 is 0 Å². The van der Waals surface area contributed by atoms with Crippen molar-refractivity contribution in [3.05, 3.63) is 27.1 Å². The molecule has 1 fully saturated rings. The minimum atomic E-state index is -0.304. The van der Waals surface area contributed by atoms with Gasteiger partial charge in [0.1, 0.15) is 0 Å². The molecule has 0 spiro atoms. The van der Waals surface area contributed by atoms with Crippen molar-refractivity contribution >= 4 is 44.9 Å². The number of rotatable bonds is 3. The molecule has 1 heterocycles. The topological polar surface area (TPSA) is 66.8 Å². The van der Waals surface area contributed by atoms with Crippen molar-refractivity contribution in [1.82, 2.24) is 4.90 Å². The number of carbonyl (C=O) groups excluding carboxylic acids is 2. The fraction of sp³-hybridized carbons (Fsp3) is 0.231. The molecule has 0 unspecified atom stereocenters. The van der Waals surface area contributed by atoms with E-state index in [-0.39, 0.29) is 16.9 Å². The van der Waals surface area contributed by atoms with Crippen molar-refractivity contribution in [3.8, 4) is 11.5 Å². The van der Waals surface area contributed by atoms with Gasteiger partial charge in [-0.1, -0.05) is 15.9 Å². The van der Waals surface area contributed by atoms with Crippen LogP contribution in [-0.2, 0) is 4.79 Å². The lowest BCUT2D eigenvalue weighted by atomic mass is 10.2. The van der Waals surface area contributed by atoms with Crippen LogP contribution in [0.25, 0.3) is 6.08 Å². The Kier molecular flexibility index (Phi) is 4.39. The number of halogens is 1. The number of methoxy groups -OCH3 is 1. The van der Waals surface area contributed by atoms with Crippen LogP contribution >= 0.6 is 27.7 Å². The molecule has 1 saturated heterocycles. The molecule has 106 valence electrons. The maximum Gasteiger partial charge on any atom is 0.293 e. The third-order valence-corrected chi connectivity index (χ3v) is 4.37. The summed E-state index contributed by atoms with van der Waals surface area (Å²) in [6.07, 6.45) is 1.60. The molecule has 0 radical (unpaired) electrons. The van der Waals surface area contributed by atoms with Crippen molar-refractivity contribution in [2.24, 2.45) is 0 Å². The van der Waals surface area contributed by atoms with Crippen molar-refractivity contribution in [2.45, 2.75) is 6.92 Å². The lowest BCUT2D eigenvalue weighted by Crippen LogP contribution is -2.27. The maximum absolute atomic E-state index is 12.0. The molecular weight excluding hydrogens is 346 g/mol. The number of thioether (sulfide) groups is 1. The lowest BCUT2D eigenvalue weighted by Gasteiger charge is -2.08. The van der Waals surface area contributed by atoms with E-state index in [9.17, 15) is 14.7 Å². The number of likely N-dealkylation sites (N-methyl/N-ethyl adjacent to an activating group) is 1. The Bertz CT molecular complexity index is 615. The van der Waals surface area contributed by atoms with E-state index in [2.05, 4.69) is 15.9 Å². The average molecular weight is 358 g/mol. The average Bonchev–Trinajstić information content (AvgIpc) is 2.67. The van der Waals surface area contributed by atoms with Gasteiger partial charge in [-0.25, -0.2) is 0 Å². The van der Waals surface area contributed by atoms with E-state index in [0.29, 0.717) is 27.2 Å². The lowest BCUT2D eigenvalue weighted by molar-refractivity contribution is -0.122. The molecule has 2 amide bonds. The Hall–Kier alpha value is -1.47. The number of aromatic hydroxyl groups is 1. The molecule has 0 aromatic heterocycles. The van der Waals surface area contributed by atoms with Crippen molar-refractivity contribution in [2.75, 3.05) is 13.7 Å². The van der Waals surface area contributed by atoms with Crippen LogP contribution in [-0.4, -0.2) is 34.8 Å². The van der Waals surface area contributed by atoms with Crippen LogP contribution in [0.15, 0.2) is 21.5 Å². The first kappa shape index (κ1) is 14.9. The summed E-state index contributed by atoms with van der Waals surface area (Å²) >= 11 is 4.21. The first-order chi connectivity index (χ1) is 9.47. The fourth-order valence-corrected chi connectivity index (χ4v) is 3.09. The number of phenolic OH excluding ortho intramolecular Hbond substituents is 1. The molecule has 5 nitrogen and oxygen atoms in total. The number of hydrogen-bond acceptors (Lipinski definition) is 5. The van der Waals surface area contributed by atoms with Crippen LogP contribution in [0.1, 0.15) is 12.5 Å². The summed E-state index contributed by atoms with van der Waals surface area (Å²) in [6, 6.07) is 3.08.